The van der Waals surface area contributed by atoms with Crippen LogP contribution in [0.2, 0.25) is 0 Å². The quantitative estimate of drug-likeness (QED) is 0.287. The molecule has 0 unspecified atom stereocenters. The Morgan fingerprint density at radius 1 is 1.08 bits per heavy atom. The Hall–Kier alpha value is 1.17. The van der Waals surface area contributed by atoms with Gasteiger partial charge in [0.25, 0.3) is 0 Å². The van der Waals surface area contributed by atoms with Gasteiger partial charge in [0.05, 0.1) is 0 Å². The molecule has 2 N–H and O–H groups in total. The SMILES string of the molecule is Nc1ccc(P(=O)([O-])[O-])cc1.[Na+].[Na+]. The van der Waals surface area contributed by atoms with Gasteiger partial charge in [-0.15, -0.1) is 0 Å². The molecule has 60 valence electrons. The molecule has 0 radical (unpaired) electrons. The van der Waals surface area contributed by atoms with Crippen LogP contribution in [0.4, 0.5) is 5.69 Å². The average Bonchev–Trinajstić information content (AvgIpc) is 1.86. The summed E-state index contributed by atoms with van der Waals surface area (Å²) >= 11 is 0. The number of rotatable bonds is 1. The van der Waals surface area contributed by atoms with Gasteiger partial charge in [-0.05, 0) is 25.0 Å². The van der Waals surface area contributed by atoms with E-state index in [1.807, 2.05) is 0 Å². The maximum atomic E-state index is 10.4. The predicted octanol–water partition coefficient (Wildman–Crippen LogP) is -7.18. The van der Waals surface area contributed by atoms with Crippen LogP contribution in [0.15, 0.2) is 24.3 Å². The van der Waals surface area contributed by atoms with Gasteiger partial charge in [-0.25, -0.2) is 0 Å². The molecule has 0 spiro atoms. The Labute approximate surface area is 121 Å². The van der Waals surface area contributed by atoms with Crippen LogP contribution in [-0.2, 0) is 4.57 Å². The molecule has 7 heteroatoms. The first-order chi connectivity index (χ1) is 5.00. The Balaban J connectivity index is 0. The molecule has 0 aliphatic heterocycles. The molecule has 13 heavy (non-hydrogen) atoms. The van der Waals surface area contributed by atoms with Crippen molar-refractivity contribution in [3.05, 3.63) is 24.3 Å². The number of nitrogen functional groups attached to an aromatic ring is 1. The molecule has 0 amide bonds. The Morgan fingerprint density at radius 2 is 1.46 bits per heavy atom. The molecule has 0 atom stereocenters. The van der Waals surface area contributed by atoms with Crippen molar-refractivity contribution in [2.75, 3.05) is 5.73 Å². The van der Waals surface area contributed by atoms with Crippen LogP contribution in [0.5, 0.6) is 0 Å². The first-order valence-electron chi connectivity index (χ1n) is 2.88. The Morgan fingerprint density at radius 3 is 1.77 bits per heavy atom. The summed E-state index contributed by atoms with van der Waals surface area (Å²) in [6, 6.07) is 5.13. The molecule has 1 aromatic carbocycles. The van der Waals surface area contributed by atoms with Gasteiger partial charge < -0.3 is 20.1 Å². The third-order valence-electron chi connectivity index (χ3n) is 1.21. The van der Waals surface area contributed by atoms with Crippen LogP contribution in [0.3, 0.4) is 0 Å². The summed E-state index contributed by atoms with van der Waals surface area (Å²) in [5.41, 5.74) is 5.71. The Bertz CT molecular complexity index is 297. The summed E-state index contributed by atoms with van der Waals surface area (Å²) in [4.78, 5) is 20.8. The fourth-order valence-corrected chi connectivity index (χ4v) is 1.17. The van der Waals surface area contributed by atoms with Gasteiger partial charge in [0.2, 0.25) is 0 Å². The van der Waals surface area contributed by atoms with Crippen LogP contribution in [0.25, 0.3) is 0 Å². The molecule has 0 bridgehead atoms. The second-order valence-electron chi connectivity index (χ2n) is 2.09. The standard InChI is InChI=1S/C6H8NO3P.2Na/c7-5-1-3-6(4-2-5)11(8,9)10;;/h1-4H,7H2,(H2,8,9,10);;/q;2*+1/p-2. The van der Waals surface area contributed by atoms with Crippen LogP contribution < -0.4 is 79.9 Å². The van der Waals surface area contributed by atoms with E-state index in [1.54, 1.807) is 0 Å². The van der Waals surface area contributed by atoms with Crippen molar-refractivity contribution in [2.24, 2.45) is 0 Å². The molecule has 1 rings (SSSR count). The fourth-order valence-electron chi connectivity index (χ4n) is 0.657. The minimum Gasteiger partial charge on any atom is -0.807 e. The van der Waals surface area contributed by atoms with Crippen molar-refractivity contribution in [1.29, 1.82) is 0 Å². The minimum absolute atomic E-state index is 0. The first kappa shape index (κ1) is 16.6. The number of hydrogen-bond acceptors (Lipinski definition) is 4. The van der Waals surface area contributed by atoms with Crippen LogP contribution in [-0.4, -0.2) is 0 Å². The zero-order valence-electron chi connectivity index (χ0n) is 7.56. The van der Waals surface area contributed by atoms with E-state index >= 15 is 0 Å². The Kier molecular flexibility index (Phi) is 8.45. The smallest absolute Gasteiger partial charge is 0.807 e. The molecular formula is C6H6NNa2O3P. The molecule has 0 saturated heterocycles. The molecule has 4 nitrogen and oxygen atoms in total. The molecule has 0 aliphatic rings. The van der Waals surface area contributed by atoms with Gasteiger partial charge in [0.1, 0.15) is 0 Å². The third kappa shape index (κ3) is 5.57. The van der Waals surface area contributed by atoms with Gasteiger partial charge >= 0.3 is 59.1 Å². The number of benzene rings is 1. The zero-order valence-corrected chi connectivity index (χ0v) is 12.5. The van der Waals surface area contributed by atoms with Gasteiger partial charge in [0, 0.05) is 5.69 Å². The number of nitrogens with two attached hydrogens (primary N) is 1. The topological polar surface area (TPSA) is 89.2 Å². The van der Waals surface area contributed by atoms with Crippen molar-refractivity contribution >= 4 is 18.6 Å². The summed E-state index contributed by atoms with van der Waals surface area (Å²) in [6.45, 7) is 0. The largest absolute Gasteiger partial charge is 1.00 e. The minimum atomic E-state index is -4.59. The fraction of sp³-hybridized carbons (Fsp3) is 0. The maximum Gasteiger partial charge on any atom is 1.00 e. The van der Waals surface area contributed by atoms with Gasteiger partial charge in [0.15, 0.2) is 0 Å². The van der Waals surface area contributed by atoms with E-state index in [0.29, 0.717) is 5.69 Å². The summed E-state index contributed by atoms with van der Waals surface area (Å²) in [5, 5.41) is -0.230. The van der Waals surface area contributed by atoms with Crippen LogP contribution in [0, 0.1) is 0 Å². The van der Waals surface area contributed by atoms with Gasteiger partial charge in [-0.2, -0.15) is 0 Å². The zero-order chi connectivity index (χ0) is 8.48. The third-order valence-corrected chi connectivity index (χ3v) is 2.14. The molecule has 0 heterocycles. The number of hydrogen-bond donors (Lipinski definition) is 1. The summed E-state index contributed by atoms with van der Waals surface area (Å²) in [5.74, 6) is 0. The van der Waals surface area contributed by atoms with E-state index in [9.17, 15) is 14.4 Å². The molecule has 0 fully saturated rings. The maximum absolute atomic E-state index is 10.4. The normalized spacial score (nSPS) is 9.69. The van der Waals surface area contributed by atoms with E-state index in [2.05, 4.69) is 0 Å². The molecule has 1 aromatic rings. The van der Waals surface area contributed by atoms with Crippen molar-refractivity contribution in [2.45, 2.75) is 0 Å². The predicted molar refractivity (Wildman–Crippen MR) is 38.1 cm³/mol. The van der Waals surface area contributed by atoms with Crippen LogP contribution >= 0.6 is 7.60 Å². The van der Waals surface area contributed by atoms with E-state index in [1.165, 1.54) is 24.3 Å². The van der Waals surface area contributed by atoms with Crippen molar-refractivity contribution in [3.63, 3.8) is 0 Å². The second kappa shape index (κ2) is 6.62. The van der Waals surface area contributed by atoms with Crippen molar-refractivity contribution < 1.29 is 73.5 Å². The molecular weight excluding hydrogens is 211 g/mol. The van der Waals surface area contributed by atoms with E-state index < -0.39 is 7.60 Å². The van der Waals surface area contributed by atoms with E-state index in [-0.39, 0.29) is 64.4 Å². The second-order valence-corrected chi connectivity index (χ2v) is 3.60. The summed E-state index contributed by atoms with van der Waals surface area (Å²) in [6.07, 6.45) is 0. The van der Waals surface area contributed by atoms with Crippen molar-refractivity contribution in [3.8, 4) is 0 Å². The molecule has 0 aliphatic carbocycles. The summed E-state index contributed by atoms with van der Waals surface area (Å²) < 4.78 is 10.4. The monoisotopic (exact) mass is 217 g/mol. The average molecular weight is 217 g/mol. The summed E-state index contributed by atoms with van der Waals surface area (Å²) in [7, 11) is -4.59. The van der Waals surface area contributed by atoms with Crippen molar-refractivity contribution in [1.82, 2.24) is 0 Å². The van der Waals surface area contributed by atoms with E-state index in [4.69, 9.17) is 5.73 Å². The van der Waals surface area contributed by atoms with Crippen LogP contribution in [0.1, 0.15) is 0 Å². The molecule has 0 saturated carbocycles. The first-order valence-corrected chi connectivity index (χ1v) is 4.42. The van der Waals surface area contributed by atoms with Gasteiger partial charge in [-0.3, -0.25) is 0 Å². The molecule has 0 aromatic heterocycles. The van der Waals surface area contributed by atoms with Gasteiger partial charge in [-0.1, -0.05) is 12.1 Å². The van der Waals surface area contributed by atoms with E-state index in [0.717, 1.165) is 0 Å². The number of anilines is 1.